The quantitative estimate of drug-likeness (QED) is 0.0949. The Morgan fingerprint density at radius 2 is 0.926 bits per heavy atom. The molecule has 0 spiro atoms. The van der Waals surface area contributed by atoms with Crippen LogP contribution in [-0.4, -0.2) is 23.1 Å². The minimum atomic E-state index is -0.981. The molecule has 6 nitrogen and oxygen atoms in total. The summed E-state index contributed by atoms with van der Waals surface area (Å²) in [5.74, 6) is 1.97. The second-order valence-electron chi connectivity index (χ2n) is 17.2. The van der Waals surface area contributed by atoms with Crippen LogP contribution in [0.5, 0.6) is 23.0 Å². The van der Waals surface area contributed by atoms with E-state index >= 15 is 0 Å². The molecule has 6 heteroatoms. The Morgan fingerprint density at radius 1 is 0.519 bits per heavy atom. The Labute approximate surface area is 323 Å². The van der Waals surface area contributed by atoms with Crippen molar-refractivity contribution < 1.29 is 28.5 Å². The SMILES string of the molecule is CCC(C)(C)Oc1ccc(C2(c3ccc(OC(=O)C(C)(C)C(C)(C)Oc4ccc(-c5ccc(OC(=O)C(C)(C)CC)cc5)cc4)cc3)CCCCC2)cc1. The third kappa shape index (κ3) is 9.02. The maximum atomic E-state index is 13.8. The van der Waals surface area contributed by atoms with Gasteiger partial charge in [0.1, 0.15) is 39.6 Å². The molecule has 0 saturated heterocycles. The predicted molar refractivity (Wildman–Crippen MR) is 217 cm³/mol. The Kier molecular flexibility index (Phi) is 12.1. The van der Waals surface area contributed by atoms with Gasteiger partial charge in [-0.2, -0.15) is 0 Å². The average molecular weight is 733 g/mol. The van der Waals surface area contributed by atoms with Crippen LogP contribution in [0.2, 0.25) is 0 Å². The van der Waals surface area contributed by atoms with Gasteiger partial charge in [0.05, 0.1) is 5.41 Å². The van der Waals surface area contributed by atoms with Crippen LogP contribution < -0.4 is 18.9 Å². The summed E-state index contributed by atoms with van der Waals surface area (Å²) in [6, 6.07) is 32.0. The molecular formula is C48H60O6. The van der Waals surface area contributed by atoms with Gasteiger partial charge >= 0.3 is 11.9 Å². The largest absolute Gasteiger partial charge is 0.488 e. The van der Waals surface area contributed by atoms with Gasteiger partial charge in [-0.1, -0.05) is 81.6 Å². The van der Waals surface area contributed by atoms with Gasteiger partial charge in [-0.05, 0) is 152 Å². The van der Waals surface area contributed by atoms with Crippen molar-refractivity contribution in [2.45, 2.75) is 131 Å². The van der Waals surface area contributed by atoms with Crippen molar-refractivity contribution in [1.29, 1.82) is 0 Å². The molecule has 0 heterocycles. The smallest absolute Gasteiger partial charge is 0.320 e. The molecule has 0 N–H and O–H groups in total. The van der Waals surface area contributed by atoms with Crippen molar-refractivity contribution in [3.05, 3.63) is 108 Å². The highest BCUT2D eigenvalue weighted by molar-refractivity contribution is 5.80. The topological polar surface area (TPSA) is 71.1 Å². The van der Waals surface area contributed by atoms with E-state index in [0.717, 1.165) is 36.1 Å². The number of rotatable bonds is 14. The van der Waals surface area contributed by atoms with Crippen LogP contribution in [0.15, 0.2) is 97.1 Å². The van der Waals surface area contributed by atoms with Crippen molar-refractivity contribution in [2.75, 3.05) is 0 Å². The van der Waals surface area contributed by atoms with E-state index < -0.39 is 16.4 Å². The molecule has 1 aliphatic carbocycles. The highest BCUT2D eigenvalue weighted by Crippen LogP contribution is 2.46. The zero-order valence-electron chi connectivity index (χ0n) is 34.1. The second-order valence-corrected chi connectivity index (χ2v) is 17.2. The van der Waals surface area contributed by atoms with Gasteiger partial charge in [-0.25, -0.2) is 0 Å². The molecule has 1 saturated carbocycles. The Balaban J connectivity index is 1.23. The van der Waals surface area contributed by atoms with E-state index in [1.807, 2.05) is 109 Å². The van der Waals surface area contributed by atoms with Crippen molar-refractivity contribution in [3.63, 3.8) is 0 Å². The average Bonchev–Trinajstić information content (AvgIpc) is 3.16. The van der Waals surface area contributed by atoms with Crippen LogP contribution in [0.25, 0.3) is 11.1 Å². The highest BCUT2D eigenvalue weighted by Gasteiger charge is 2.47. The lowest BCUT2D eigenvalue weighted by atomic mass is 9.65. The maximum absolute atomic E-state index is 13.8. The van der Waals surface area contributed by atoms with Gasteiger partial charge < -0.3 is 18.9 Å². The van der Waals surface area contributed by atoms with Gasteiger partial charge in [-0.15, -0.1) is 0 Å². The Hall–Kier alpha value is -4.58. The molecule has 0 radical (unpaired) electrons. The van der Waals surface area contributed by atoms with Gasteiger partial charge in [-0.3, -0.25) is 9.59 Å². The third-order valence-electron chi connectivity index (χ3n) is 12.1. The Morgan fingerprint density at radius 3 is 1.39 bits per heavy atom. The Bertz CT molecular complexity index is 1860. The normalized spacial score (nSPS) is 14.9. The fraction of sp³-hybridized carbons (Fsp3) is 0.458. The first-order valence-corrected chi connectivity index (χ1v) is 19.7. The van der Waals surface area contributed by atoms with E-state index in [1.165, 1.54) is 30.4 Å². The van der Waals surface area contributed by atoms with E-state index in [1.54, 1.807) is 0 Å². The fourth-order valence-corrected chi connectivity index (χ4v) is 6.70. The molecule has 0 amide bonds. The summed E-state index contributed by atoms with van der Waals surface area (Å²) in [5, 5.41) is 0. The van der Waals surface area contributed by atoms with Crippen LogP contribution in [-0.2, 0) is 15.0 Å². The van der Waals surface area contributed by atoms with E-state index in [2.05, 4.69) is 57.2 Å². The minimum absolute atomic E-state index is 0.0890. The zero-order valence-corrected chi connectivity index (χ0v) is 34.1. The molecule has 288 valence electrons. The highest BCUT2D eigenvalue weighted by atomic mass is 16.5. The lowest BCUT2D eigenvalue weighted by Gasteiger charge is -2.40. The van der Waals surface area contributed by atoms with E-state index in [-0.39, 0.29) is 23.0 Å². The first-order valence-electron chi connectivity index (χ1n) is 19.7. The first kappa shape index (κ1) is 40.6. The lowest BCUT2D eigenvalue weighted by Crippen LogP contribution is -2.51. The molecule has 54 heavy (non-hydrogen) atoms. The molecule has 0 bridgehead atoms. The van der Waals surface area contributed by atoms with Crippen LogP contribution in [0.3, 0.4) is 0 Å². The van der Waals surface area contributed by atoms with Crippen LogP contribution >= 0.6 is 0 Å². The monoisotopic (exact) mass is 732 g/mol. The summed E-state index contributed by atoms with van der Waals surface area (Å²) in [5.41, 5.74) is 1.82. The third-order valence-corrected chi connectivity index (χ3v) is 12.1. The molecular weight excluding hydrogens is 673 g/mol. The van der Waals surface area contributed by atoms with Crippen molar-refractivity contribution in [3.8, 4) is 34.1 Å². The molecule has 1 aliphatic rings. The van der Waals surface area contributed by atoms with Gasteiger partial charge in [0.25, 0.3) is 0 Å². The van der Waals surface area contributed by atoms with Crippen LogP contribution in [0.1, 0.15) is 125 Å². The summed E-state index contributed by atoms with van der Waals surface area (Å²) in [6.07, 6.45) is 7.38. The minimum Gasteiger partial charge on any atom is -0.488 e. The standard InChI is InChI=1S/C48H60O6/c1-11-44(3,4)42(49)51-38-24-16-34(17-25-38)35-18-26-41(27-19-35)54-47(9,10)46(7,8)43(50)52-39-28-20-36(21-29-39)48(32-14-13-15-33-48)37-22-30-40(31-23-37)53-45(5,6)12-2/h16-31H,11-15,32-33H2,1-10H3. The summed E-state index contributed by atoms with van der Waals surface area (Å²) in [4.78, 5) is 26.2. The number of benzene rings is 4. The maximum Gasteiger partial charge on any atom is 0.320 e. The van der Waals surface area contributed by atoms with Gasteiger partial charge in [0, 0.05) is 5.41 Å². The fourth-order valence-electron chi connectivity index (χ4n) is 6.70. The molecule has 0 aliphatic heterocycles. The van der Waals surface area contributed by atoms with Gasteiger partial charge in [0.2, 0.25) is 0 Å². The van der Waals surface area contributed by atoms with Crippen molar-refractivity contribution in [1.82, 2.24) is 0 Å². The number of hydrogen-bond donors (Lipinski definition) is 0. The van der Waals surface area contributed by atoms with E-state index in [4.69, 9.17) is 18.9 Å². The second kappa shape index (κ2) is 16.0. The van der Waals surface area contributed by atoms with E-state index in [9.17, 15) is 9.59 Å². The molecule has 0 atom stereocenters. The first-order chi connectivity index (χ1) is 25.4. The molecule has 4 aromatic carbocycles. The van der Waals surface area contributed by atoms with Crippen LogP contribution in [0, 0.1) is 10.8 Å². The lowest BCUT2D eigenvalue weighted by molar-refractivity contribution is -0.155. The van der Waals surface area contributed by atoms with Gasteiger partial charge in [0.15, 0.2) is 0 Å². The molecule has 5 rings (SSSR count). The molecule has 0 aromatic heterocycles. The summed E-state index contributed by atoms with van der Waals surface area (Å²) < 4.78 is 24.3. The number of esters is 2. The van der Waals surface area contributed by atoms with Crippen molar-refractivity contribution >= 4 is 11.9 Å². The summed E-state index contributed by atoms with van der Waals surface area (Å²) in [7, 11) is 0. The van der Waals surface area contributed by atoms with E-state index in [0.29, 0.717) is 23.7 Å². The summed E-state index contributed by atoms with van der Waals surface area (Å²) >= 11 is 0. The number of carbonyl (C=O) groups excluding carboxylic acids is 2. The number of ether oxygens (including phenoxy) is 4. The zero-order chi connectivity index (χ0) is 39.4. The number of carbonyl (C=O) groups is 2. The molecule has 0 unspecified atom stereocenters. The summed E-state index contributed by atoms with van der Waals surface area (Å²) in [6.45, 7) is 19.7. The van der Waals surface area contributed by atoms with Crippen molar-refractivity contribution in [2.24, 2.45) is 10.8 Å². The molecule has 4 aromatic rings. The number of hydrogen-bond acceptors (Lipinski definition) is 6. The molecule has 1 fully saturated rings. The van der Waals surface area contributed by atoms with Crippen LogP contribution in [0.4, 0.5) is 0 Å². The predicted octanol–water partition coefficient (Wildman–Crippen LogP) is 12.3.